The molecule has 178 valence electrons. The van der Waals surface area contributed by atoms with Gasteiger partial charge in [0.2, 0.25) is 0 Å². The molecule has 1 fully saturated rings. The lowest BCUT2D eigenvalue weighted by Crippen LogP contribution is -2.30. The number of amides is 1. The predicted octanol–water partition coefficient (Wildman–Crippen LogP) is 5.85. The van der Waals surface area contributed by atoms with Gasteiger partial charge in [0.05, 0.1) is 5.69 Å². The minimum absolute atomic E-state index is 0.0691. The number of hydrogen-bond donors (Lipinski definition) is 0. The molecule has 0 aromatic heterocycles. The van der Waals surface area contributed by atoms with E-state index in [1.165, 1.54) is 10.5 Å². The third kappa shape index (κ3) is 4.62. The minimum Gasteiger partial charge on any atom is -0.370 e. The first-order chi connectivity index (χ1) is 16.4. The van der Waals surface area contributed by atoms with Crippen LogP contribution in [0.5, 0.6) is 0 Å². The molecule has 0 unspecified atom stereocenters. The summed E-state index contributed by atoms with van der Waals surface area (Å²) >= 11 is 0. The highest BCUT2D eigenvalue weighted by atomic mass is 19.4. The van der Waals surface area contributed by atoms with Crippen molar-refractivity contribution in [3.63, 3.8) is 0 Å². The van der Waals surface area contributed by atoms with Crippen LogP contribution in [0.3, 0.4) is 0 Å². The van der Waals surface area contributed by atoms with Crippen LogP contribution >= 0.6 is 0 Å². The highest BCUT2D eigenvalue weighted by molar-refractivity contribution is 6.26. The maximum atomic E-state index is 13.0. The van der Waals surface area contributed by atoms with E-state index < -0.39 is 12.6 Å². The van der Waals surface area contributed by atoms with E-state index in [9.17, 15) is 18.0 Å². The van der Waals surface area contributed by atoms with Crippen molar-refractivity contribution >= 4 is 28.1 Å². The Labute approximate surface area is 197 Å². The first-order valence-electron chi connectivity index (χ1n) is 11.9. The number of hydrogen-bond acceptors (Lipinski definition) is 3. The number of carbonyl (C=O) groups excluding carboxylic acids is 1. The SMILES string of the molecule is O=C1c2cccc3c(N4CCCN(Cc5ccccc5)CC4)ccc(c23)N1CCCC(F)(F)F. The lowest BCUT2D eigenvalue weighted by molar-refractivity contribution is -0.135. The van der Waals surface area contributed by atoms with Gasteiger partial charge in [-0.1, -0.05) is 42.5 Å². The fraction of sp³-hybridized carbons (Fsp3) is 0.370. The summed E-state index contributed by atoms with van der Waals surface area (Å²) in [7, 11) is 0. The van der Waals surface area contributed by atoms with E-state index in [4.69, 9.17) is 0 Å². The van der Waals surface area contributed by atoms with Gasteiger partial charge in [0.25, 0.3) is 5.91 Å². The number of rotatable bonds is 6. The Morgan fingerprint density at radius 1 is 0.824 bits per heavy atom. The van der Waals surface area contributed by atoms with Crippen molar-refractivity contribution in [2.45, 2.75) is 32.0 Å². The molecule has 0 spiro atoms. The molecular formula is C27H28F3N3O. The van der Waals surface area contributed by atoms with Crippen molar-refractivity contribution in [1.29, 1.82) is 0 Å². The second kappa shape index (κ2) is 9.29. The molecule has 0 N–H and O–H groups in total. The lowest BCUT2D eigenvalue weighted by Gasteiger charge is -2.26. The summed E-state index contributed by atoms with van der Waals surface area (Å²) in [4.78, 5) is 19.4. The Kier molecular flexibility index (Phi) is 6.21. The van der Waals surface area contributed by atoms with Crippen molar-refractivity contribution in [2.24, 2.45) is 0 Å². The average molecular weight is 468 g/mol. The van der Waals surface area contributed by atoms with E-state index in [1.54, 1.807) is 6.07 Å². The standard InChI is InChI=1S/C27H28F3N3O/c28-27(29,30)13-5-16-33-24-12-11-23(21-9-4-10-22(25(21)24)26(33)34)32-15-6-14-31(17-18-32)19-20-7-2-1-3-8-20/h1-4,7-12H,5-6,13-19H2. The molecule has 0 aliphatic carbocycles. The first-order valence-corrected chi connectivity index (χ1v) is 11.9. The highest BCUT2D eigenvalue weighted by Gasteiger charge is 2.33. The van der Waals surface area contributed by atoms with Gasteiger partial charge in [-0.2, -0.15) is 13.2 Å². The molecule has 3 aromatic rings. The molecule has 2 aliphatic rings. The van der Waals surface area contributed by atoms with Crippen molar-refractivity contribution in [3.8, 4) is 0 Å². The van der Waals surface area contributed by atoms with Crippen LogP contribution in [0.25, 0.3) is 10.8 Å². The largest absolute Gasteiger partial charge is 0.389 e. The molecule has 0 saturated carbocycles. The summed E-state index contributed by atoms with van der Waals surface area (Å²) in [6.45, 7) is 4.78. The fourth-order valence-electron chi connectivity index (χ4n) is 5.18. The van der Waals surface area contributed by atoms with Crippen LogP contribution in [0, 0.1) is 0 Å². The monoisotopic (exact) mass is 467 g/mol. The topological polar surface area (TPSA) is 26.8 Å². The zero-order valence-electron chi connectivity index (χ0n) is 19.0. The Morgan fingerprint density at radius 3 is 2.41 bits per heavy atom. The van der Waals surface area contributed by atoms with Gasteiger partial charge in [0, 0.05) is 67.7 Å². The molecular weight excluding hydrogens is 439 g/mol. The van der Waals surface area contributed by atoms with Crippen LogP contribution in [0.2, 0.25) is 0 Å². The van der Waals surface area contributed by atoms with Gasteiger partial charge in [-0.05, 0) is 36.6 Å². The van der Waals surface area contributed by atoms with Crippen molar-refractivity contribution < 1.29 is 18.0 Å². The van der Waals surface area contributed by atoms with E-state index in [-0.39, 0.29) is 18.9 Å². The summed E-state index contributed by atoms with van der Waals surface area (Å²) in [6.07, 6.45) is -4.16. The van der Waals surface area contributed by atoms with Crippen LogP contribution in [-0.2, 0) is 6.54 Å². The molecule has 0 bridgehead atoms. The second-order valence-corrected chi connectivity index (χ2v) is 9.11. The molecule has 5 rings (SSSR count). The number of carbonyl (C=O) groups is 1. The Morgan fingerprint density at radius 2 is 1.62 bits per heavy atom. The van der Waals surface area contributed by atoms with Gasteiger partial charge in [-0.25, -0.2) is 0 Å². The molecule has 1 amide bonds. The highest BCUT2D eigenvalue weighted by Crippen LogP contribution is 2.42. The van der Waals surface area contributed by atoms with Crippen LogP contribution in [-0.4, -0.2) is 49.7 Å². The number of nitrogens with zero attached hydrogens (tertiary/aromatic N) is 3. The Hall–Kier alpha value is -3.06. The van der Waals surface area contributed by atoms with Crippen LogP contribution in [0.15, 0.2) is 60.7 Å². The van der Waals surface area contributed by atoms with Gasteiger partial charge < -0.3 is 9.80 Å². The minimum atomic E-state index is -4.21. The maximum Gasteiger partial charge on any atom is 0.389 e. The summed E-state index contributed by atoms with van der Waals surface area (Å²) in [5.41, 5.74) is 3.71. The predicted molar refractivity (Wildman–Crippen MR) is 129 cm³/mol. The number of alkyl halides is 3. The first kappa shape index (κ1) is 22.7. The molecule has 0 atom stereocenters. The van der Waals surface area contributed by atoms with Gasteiger partial charge in [0.1, 0.15) is 0 Å². The molecule has 2 aliphatic heterocycles. The molecule has 34 heavy (non-hydrogen) atoms. The number of benzene rings is 3. The zero-order valence-corrected chi connectivity index (χ0v) is 19.0. The van der Waals surface area contributed by atoms with E-state index >= 15 is 0 Å². The van der Waals surface area contributed by atoms with E-state index in [0.29, 0.717) is 5.56 Å². The summed E-state index contributed by atoms with van der Waals surface area (Å²) < 4.78 is 37.9. The normalized spacial score (nSPS) is 17.0. The molecule has 3 aromatic carbocycles. The van der Waals surface area contributed by atoms with Crippen LogP contribution < -0.4 is 9.80 Å². The fourth-order valence-corrected chi connectivity index (χ4v) is 5.18. The number of halogens is 3. The maximum absolute atomic E-state index is 13.0. The number of anilines is 2. The van der Waals surface area contributed by atoms with Crippen LogP contribution in [0.1, 0.15) is 35.2 Å². The molecule has 4 nitrogen and oxygen atoms in total. The summed E-state index contributed by atoms with van der Waals surface area (Å²) in [6, 6.07) is 20.1. The third-order valence-electron chi connectivity index (χ3n) is 6.78. The van der Waals surface area contributed by atoms with E-state index in [2.05, 4.69) is 34.1 Å². The third-order valence-corrected chi connectivity index (χ3v) is 6.78. The van der Waals surface area contributed by atoms with Crippen molar-refractivity contribution in [2.75, 3.05) is 42.5 Å². The Balaban J connectivity index is 1.36. The average Bonchev–Trinajstić information content (AvgIpc) is 2.96. The van der Waals surface area contributed by atoms with Gasteiger partial charge in [-0.15, -0.1) is 0 Å². The van der Waals surface area contributed by atoms with Gasteiger partial charge in [-0.3, -0.25) is 9.69 Å². The lowest BCUT2D eigenvalue weighted by atomic mass is 10.0. The Bertz CT molecular complexity index is 1180. The summed E-state index contributed by atoms with van der Waals surface area (Å²) in [5, 5.41) is 1.86. The smallest absolute Gasteiger partial charge is 0.370 e. The van der Waals surface area contributed by atoms with Crippen molar-refractivity contribution in [1.82, 2.24) is 4.90 Å². The summed E-state index contributed by atoms with van der Waals surface area (Å²) in [5.74, 6) is -0.204. The van der Waals surface area contributed by atoms with E-state index in [0.717, 1.165) is 61.3 Å². The van der Waals surface area contributed by atoms with Crippen LogP contribution in [0.4, 0.5) is 24.5 Å². The van der Waals surface area contributed by atoms with Crippen molar-refractivity contribution in [3.05, 3.63) is 71.8 Å². The molecule has 1 saturated heterocycles. The van der Waals surface area contributed by atoms with Gasteiger partial charge in [0.15, 0.2) is 0 Å². The quantitative estimate of drug-likeness (QED) is 0.455. The molecule has 2 heterocycles. The zero-order chi connectivity index (χ0) is 23.7. The molecule has 0 radical (unpaired) electrons. The second-order valence-electron chi connectivity index (χ2n) is 9.11. The molecule has 7 heteroatoms. The van der Waals surface area contributed by atoms with E-state index in [1.807, 2.05) is 30.3 Å². The van der Waals surface area contributed by atoms with Gasteiger partial charge >= 0.3 is 6.18 Å².